The van der Waals surface area contributed by atoms with Gasteiger partial charge in [0.05, 0.1) is 0 Å². The Morgan fingerprint density at radius 3 is 2.39 bits per heavy atom. The average Bonchev–Trinajstić information content (AvgIpc) is 2.69. The largest absolute Gasteiger partial charge is 0.488 e. The van der Waals surface area contributed by atoms with Crippen LogP contribution in [-0.4, -0.2) is 13.3 Å². The normalized spacial score (nSPS) is 12.1. The van der Waals surface area contributed by atoms with Crippen molar-refractivity contribution in [3.63, 3.8) is 0 Å². The molecule has 3 heteroatoms. The summed E-state index contributed by atoms with van der Waals surface area (Å²) in [5.74, 6) is 1.01. The fourth-order valence-electron chi connectivity index (χ4n) is 3.33. The quantitative estimate of drug-likeness (QED) is 0.366. The third-order valence-electron chi connectivity index (χ3n) is 4.79. The van der Waals surface area contributed by atoms with Crippen molar-refractivity contribution in [1.29, 1.82) is 0 Å². The molecule has 0 aliphatic carbocycles. The number of hydrogen-bond acceptors (Lipinski definition) is 2. The molecule has 0 N–H and O–H groups in total. The standard InChI is InChI=1S/C25H28NOP/c1-19-11-10-15-22(24(19)27-18-20-12-6-5-7-13-20)25(2,3)28-23-16-9-8-14-21(23)17-26-4/h5-17,28H,18H2,1-4H3. The van der Waals surface area contributed by atoms with Crippen LogP contribution >= 0.6 is 8.58 Å². The summed E-state index contributed by atoms with van der Waals surface area (Å²) in [5.41, 5.74) is 4.80. The van der Waals surface area contributed by atoms with E-state index >= 15 is 0 Å². The molecule has 0 saturated carbocycles. The van der Waals surface area contributed by atoms with Crippen LogP contribution in [0, 0.1) is 6.92 Å². The van der Waals surface area contributed by atoms with Crippen LogP contribution in [0.5, 0.6) is 5.75 Å². The van der Waals surface area contributed by atoms with Gasteiger partial charge in [0, 0.05) is 24.0 Å². The molecule has 0 radical (unpaired) electrons. The lowest BCUT2D eigenvalue weighted by Crippen LogP contribution is -2.18. The Kier molecular flexibility index (Phi) is 6.65. The van der Waals surface area contributed by atoms with E-state index < -0.39 is 0 Å². The first kappa shape index (κ1) is 20.3. The number of aryl methyl sites for hydroxylation is 1. The molecule has 0 aliphatic heterocycles. The first-order valence-corrected chi connectivity index (χ1v) is 10.6. The highest BCUT2D eigenvalue weighted by molar-refractivity contribution is 7.48. The summed E-state index contributed by atoms with van der Waals surface area (Å²) in [7, 11) is 2.43. The predicted octanol–water partition coefficient (Wildman–Crippen LogP) is 5.86. The van der Waals surface area contributed by atoms with Gasteiger partial charge in [0.2, 0.25) is 0 Å². The molecule has 3 aromatic carbocycles. The van der Waals surface area contributed by atoms with Gasteiger partial charge in [-0.25, -0.2) is 0 Å². The molecule has 3 aromatic rings. The highest BCUT2D eigenvalue weighted by Crippen LogP contribution is 2.45. The van der Waals surface area contributed by atoms with Gasteiger partial charge in [-0.2, -0.15) is 0 Å². The van der Waals surface area contributed by atoms with Gasteiger partial charge in [-0.3, -0.25) is 4.99 Å². The van der Waals surface area contributed by atoms with Crippen LogP contribution in [0.1, 0.15) is 36.1 Å². The molecule has 28 heavy (non-hydrogen) atoms. The third kappa shape index (κ3) is 4.88. The Labute approximate surface area is 170 Å². The number of para-hydroxylation sites is 1. The van der Waals surface area contributed by atoms with E-state index in [1.165, 1.54) is 27.6 Å². The highest BCUT2D eigenvalue weighted by atomic mass is 31.1. The Hall–Kier alpha value is -2.44. The van der Waals surface area contributed by atoms with Gasteiger partial charge in [0.15, 0.2) is 0 Å². The maximum absolute atomic E-state index is 6.33. The van der Waals surface area contributed by atoms with Crippen molar-refractivity contribution in [2.24, 2.45) is 4.99 Å². The Bertz CT molecular complexity index is 948. The number of aliphatic imine (C=N–C) groups is 1. The van der Waals surface area contributed by atoms with E-state index in [1.54, 1.807) is 0 Å². The van der Waals surface area contributed by atoms with Gasteiger partial charge >= 0.3 is 0 Å². The maximum atomic E-state index is 6.33. The van der Waals surface area contributed by atoms with E-state index in [0.717, 1.165) is 5.75 Å². The summed E-state index contributed by atoms with van der Waals surface area (Å²) in [6, 6.07) is 25.3. The molecule has 0 heterocycles. The molecule has 1 unspecified atom stereocenters. The van der Waals surface area contributed by atoms with Gasteiger partial charge in [0.25, 0.3) is 0 Å². The molecule has 0 spiro atoms. The lowest BCUT2D eigenvalue weighted by molar-refractivity contribution is 0.298. The molecule has 0 bridgehead atoms. The van der Waals surface area contributed by atoms with Crippen LogP contribution in [0.4, 0.5) is 0 Å². The number of hydrogen-bond donors (Lipinski definition) is 0. The van der Waals surface area contributed by atoms with Crippen molar-refractivity contribution >= 4 is 20.1 Å². The first-order chi connectivity index (χ1) is 13.5. The molecular formula is C25H28NOP. The zero-order valence-corrected chi connectivity index (χ0v) is 18.1. The summed E-state index contributed by atoms with van der Waals surface area (Å²) in [6.07, 6.45) is 1.95. The summed E-state index contributed by atoms with van der Waals surface area (Å²) in [6.45, 7) is 7.31. The number of rotatable bonds is 7. The predicted molar refractivity (Wildman–Crippen MR) is 123 cm³/mol. The zero-order valence-electron chi connectivity index (χ0n) is 17.1. The van der Waals surface area contributed by atoms with Crippen molar-refractivity contribution in [2.45, 2.75) is 32.5 Å². The second-order valence-corrected chi connectivity index (χ2v) is 9.49. The summed E-state index contributed by atoms with van der Waals surface area (Å²) in [4.78, 5) is 4.22. The smallest absolute Gasteiger partial charge is 0.126 e. The molecule has 0 saturated heterocycles. The Morgan fingerprint density at radius 1 is 0.929 bits per heavy atom. The SMILES string of the molecule is CN=Cc1ccccc1PC(C)(C)c1cccc(C)c1OCc1ccccc1. The Balaban J connectivity index is 1.90. The molecule has 0 amide bonds. The lowest BCUT2D eigenvalue weighted by Gasteiger charge is -2.29. The van der Waals surface area contributed by atoms with Gasteiger partial charge in [0.1, 0.15) is 12.4 Å². The topological polar surface area (TPSA) is 21.6 Å². The first-order valence-electron chi connectivity index (χ1n) is 9.57. The molecule has 0 aromatic heterocycles. The van der Waals surface area contributed by atoms with Crippen molar-refractivity contribution in [2.75, 3.05) is 7.05 Å². The minimum Gasteiger partial charge on any atom is -0.488 e. The second kappa shape index (κ2) is 9.17. The average molecular weight is 389 g/mol. The van der Waals surface area contributed by atoms with E-state index in [2.05, 4.69) is 92.5 Å². The molecule has 0 aliphatic rings. The van der Waals surface area contributed by atoms with Crippen LogP contribution in [0.15, 0.2) is 77.8 Å². The van der Waals surface area contributed by atoms with Crippen LogP contribution in [0.3, 0.4) is 0 Å². The molecular weight excluding hydrogens is 361 g/mol. The lowest BCUT2D eigenvalue weighted by atomic mass is 9.98. The number of benzene rings is 3. The van der Waals surface area contributed by atoms with Crippen LogP contribution in [-0.2, 0) is 11.8 Å². The van der Waals surface area contributed by atoms with Crippen molar-refractivity contribution < 1.29 is 4.74 Å². The molecule has 144 valence electrons. The second-order valence-electron chi connectivity index (χ2n) is 7.45. The van der Waals surface area contributed by atoms with Crippen molar-refractivity contribution in [1.82, 2.24) is 0 Å². The van der Waals surface area contributed by atoms with Gasteiger partial charge in [-0.15, -0.1) is 0 Å². The minimum atomic E-state index is -0.0459. The van der Waals surface area contributed by atoms with E-state index in [0.29, 0.717) is 15.2 Å². The highest BCUT2D eigenvalue weighted by Gasteiger charge is 2.26. The maximum Gasteiger partial charge on any atom is 0.126 e. The minimum absolute atomic E-state index is 0.0459. The summed E-state index contributed by atoms with van der Waals surface area (Å²) < 4.78 is 6.33. The van der Waals surface area contributed by atoms with E-state index in [4.69, 9.17) is 4.74 Å². The van der Waals surface area contributed by atoms with E-state index in [-0.39, 0.29) is 5.16 Å². The fraction of sp³-hybridized carbons (Fsp3) is 0.240. The third-order valence-corrected chi connectivity index (χ3v) is 6.41. The van der Waals surface area contributed by atoms with Gasteiger partial charge in [-0.05, 0) is 28.9 Å². The van der Waals surface area contributed by atoms with Crippen LogP contribution in [0.25, 0.3) is 0 Å². The summed E-state index contributed by atoms with van der Waals surface area (Å²) >= 11 is 0. The van der Waals surface area contributed by atoms with Gasteiger partial charge < -0.3 is 4.74 Å². The van der Waals surface area contributed by atoms with Crippen molar-refractivity contribution in [3.05, 3.63) is 95.1 Å². The van der Waals surface area contributed by atoms with E-state index in [9.17, 15) is 0 Å². The Morgan fingerprint density at radius 2 is 1.64 bits per heavy atom. The van der Waals surface area contributed by atoms with Crippen LogP contribution in [0.2, 0.25) is 0 Å². The number of nitrogens with zero attached hydrogens (tertiary/aromatic N) is 1. The van der Waals surface area contributed by atoms with Crippen molar-refractivity contribution in [3.8, 4) is 5.75 Å². The molecule has 3 rings (SSSR count). The fourth-order valence-corrected chi connectivity index (χ4v) is 4.81. The molecule has 1 atom stereocenters. The van der Waals surface area contributed by atoms with Gasteiger partial charge in [-0.1, -0.05) is 95.2 Å². The summed E-state index contributed by atoms with van der Waals surface area (Å²) in [5, 5.41) is 1.28. The molecule has 0 fully saturated rings. The monoisotopic (exact) mass is 389 g/mol. The van der Waals surface area contributed by atoms with E-state index in [1.807, 2.05) is 19.3 Å². The molecule has 2 nitrogen and oxygen atoms in total. The zero-order chi connectivity index (χ0) is 20.0. The number of ether oxygens (including phenoxy) is 1. The van der Waals surface area contributed by atoms with Crippen LogP contribution < -0.4 is 10.0 Å².